The third-order valence-electron chi connectivity index (χ3n) is 3.02. The summed E-state index contributed by atoms with van der Waals surface area (Å²) < 4.78 is 0. The maximum absolute atomic E-state index is 3.60. The van der Waals surface area contributed by atoms with Gasteiger partial charge in [-0.05, 0) is 19.1 Å². The standard InChI is InChI=1S/C12H15Br2N/c1-10-2-4-11(5-3-10)15-8-12(6-13,7-14)9-15/h2-5H,6-9H2,1H3. The van der Waals surface area contributed by atoms with E-state index in [1.165, 1.54) is 11.3 Å². The first-order chi connectivity index (χ1) is 7.19. The van der Waals surface area contributed by atoms with E-state index >= 15 is 0 Å². The summed E-state index contributed by atoms with van der Waals surface area (Å²) in [5.74, 6) is 0. The lowest BCUT2D eigenvalue weighted by Gasteiger charge is -2.50. The van der Waals surface area contributed by atoms with Crippen molar-refractivity contribution < 1.29 is 0 Å². The third-order valence-corrected chi connectivity index (χ3v) is 5.40. The van der Waals surface area contributed by atoms with Gasteiger partial charge in [0.05, 0.1) is 0 Å². The highest BCUT2D eigenvalue weighted by atomic mass is 79.9. The van der Waals surface area contributed by atoms with Crippen molar-refractivity contribution in [2.24, 2.45) is 5.41 Å². The SMILES string of the molecule is Cc1ccc(N2CC(CBr)(CBr)C2)cc1. The lowest BCUT2D eigenvalue weighted by atomic mass is 9.84. The molecule has 1 aromatic carbocycles. The zero-order chi connectivity index (χ0) is 10.9. The van der Waals surface area contributed by atoms with Crippen LogP contribution in [0, 0.1) is 12.3 Å². The first-order valence-corrected chi connectivity index (χ1v) is 7.37. The molecular formula is C12H15Br2N. The van der Waals surface area contributed by atoms with Gasteiger partial charge in [-0.25, -0.2) is 0 Å². The molecule has 1 aliphatic rings. The molecule has 82 valence electrons. The van der Waals surface area contributed by atoms with E-state index in [4.69, 9.17) is 0 Å². The zero-order valence-corrected chi connectivity index (χ0v) is 12.0. The largest absolute Gasteiger partial charge is 0.370 e. The average molecular weight is 333 g/mol. The van der Waals surface area contributed by atoms with Crippen molar-refractivity contribution in [1.82, 2.24) is 0 Å². The molecule has 0 saturated carbocycles. The minimum atomic E-state index is 0.435. The summed E-state index contributed by atoms with van der Waals surface area (Å²) in [6.45, 7) is 4.42. The van der Waals surface area contributed by atoms with Gasteiger partial charge in [-0.15, -0.1) is 0 Å². The molecule has 0 N–H and O–H groups in total. The van der Waals surface area contributed by atoms with Crippen molar-refractivity contribution >= 4 is 37.5 Å². The molecule has 0 bridgehead atoms. The van der Waals surface area contributed by atoms with Gasteiger partial charge in [-0.1, -0.05) is 49.6 Å². The second-order valence-corrected chi connectivity index (χ2v) is 5.58. The van der Waals surface area contributed by atoms with Crippen molar-refractivity contribution in [2.45, 2.75) is 6.92 Å². The van der Waals surface area contributed by atoms with Gasteiger partial charge in [0.25, 0.3) is 0 Å². The monoisotopic (exact) mass is 331 g/mol. The normalized spacial score (nSPS) is 18.7. The van der Waals surface area contributed by atoms with E-state index in [0.29, 0.717) is 5.41 Å². The van der Waals surface area contributed by atoms with Gasteiger partial charge in [-0.3, -0.25) is 0 Å². The summed E-state index contributed by atoms with van der Waals surface area (Å²) in [5, 5.41) is 2.15. The molecule has 0 aromatic heterocycles. The van der Waals surface area contributed by atoms with Gasteiger partial charge in [0.2, 0.25) is 0 Å². The Labute approximate surface area is 108 Å². The number of aryl methyl sites for hydroxylation is 1. The van der Waals surface area contributed by atoms with Crippen LogP contribution in [0.3, 0.4) is 0 Å². The maximum Gasteiger partial charge on any atom is 0.0366 e. The molecule has 1 aromatic rings. The van der Waals surface area contributed by atoms with Gasteiger partial charge >= 0.3 is 0 Å². The van der Waals surface area contributed by atoms with Crippen molar-refractivity contribution in [2.75, 3.05) is 28.6 Å². The molecule has 0 aliphatic carbocycles. The van der Waals surface area contributed by atoms with E-state index in [1.807, 2.05) is 0 Å². The Morgan fingerprint density at radius 3 is 2.13 bits per heavy atom. The molecule has 3 heteroatoms. The Morgan fingerprint density at radius 2 is 1.67 bits per heavy atom. The van der Waals surface area contributed by atoms with Gasteiger partial charge < -0.3 is 4.90 Å². The zero-order valence-electron chi connectivity index (χ0n) is 8.84. The molecule has 0 spiro atoms. The Balaban J connectivity index is 2.02. The predicted octanol–water partition coefficient (Wildman–Crippen LogP) is 3.59. The van der Waals surface area contributed by atoms with Crippen LogP contribution in [0.4, 0.5) is 5.69 Å². The van der Waals surface area contributed by atoms with Crippen molar-refractivity contribution in [3.63, 3.8) is 0 Å². The number of rotatable bonds is 3. The molecule has 1 nitrogen and oxygen atoms in total. The highest BCUT2D eigenvalue weighted by molar-refractivity contribution is 9.09. The number of halogens is 2. The fourth-order valence-corrected chi connectivity index (χ4v) is 3.54. The van der Waals surface area contributed by atoms with E-state index in [-0.39, 0.29) is 0 Å². The molecule has 1 aliphatic heterocycles. The maximum atomic E-state index is 3.60. The van der Waals surface area contributed by atoms with Crippen LogP contribution in [0.5, 0.6) is 0 Å². The summed E-state index contributed by atoms with van der Waals surface area (Å²) in [7, 11) is 0. The fraction of sp³-hybridized carbons (Fsp3) is 0.500. The molecular weight excluding hydrogens is 318 g/mol. The second kappa shape index (κ2) is 4.46. The third kappa shape index (κ3) is 2.23. The van der Waals surface area contributed by atoms with Gasteiger partial charge in [0.1, 0.15) is 0 Å². The van der Waals surface area contributed by atoms with E-state index in [2.05, 4.69) is 67.9 Å². The minimum Gasteiger partial charge on any atom is -0.370 e. The summed E-state index contributed by atoms with van der Waals surface area (Å²) in [6.07, 6.45) is 0. The van der Waals surface area contributed by atoms with Crippen molar-refractivity contribution in [3.05, 3.63) is 29.8 Å². The van der Waals surface area contributed by atoms with Crippen LogP contribution in [0.1, 0.15) is 5.56 Å². The number of alkyl halides is 2. The van der Waals surface area contributed by atoms with Crippen LogP contribution in [0.25, 0.3) is 0 Å². The lowest BCUT2D eigenvalue weighted by molar-refractivity contribution is 0.296. The average Bonchev–Trinajstić information content (AvgIpc) is 2.20. The van der Waals surface area contributed by atoms with E-state index in [1.54, 1.807) is 0 Å². The first-order valence-electron chi connectivity index (χ1n) is 5.13. The smallest absolute Gasteiger partial charge is 0.0366 e. The molecule has 1 saturated heterocycles. The lowest BCUT2D eigenvalue weighted by Crippen LogP contribution is -2.58. The van der Waals surface area contributed by atoms with Gasteiger partial charge in [0.15, 0.2) is 0 Å². The van der Waals surface area contributed by atoms with E-state index in [9.17, 15) is 0 Å². The van der Waals surface area contributed by atoms with Gasteiger partial charge in [0, 0.05) is 34.9 Å². The number of hydrogen-bond donors (Lipinski definition) is 0. The summed E-state index contributed by atoms with van der Waals surface area (Å²) in [5.41, 5.74) is 3.11. The Morgan fingerprint density at radius 1 is 1.13 bits per heavy atom. The molecule has 0 unspecified atom stereocenters. The van der Waals surface area contributed by atoms with Crippen LogP contribution < -0.4 is 4.90 Å². The molecule has 1 heterocycles. The van der Waals surface area contributed by atoms with Crippen LogP contribution >= 0.6 is 31.9 Å². The second-order valence-electron chi connectivity index (χ2n) is 4.46. The predicted molar refractivity (Wildman–Crippen MR) is 73.4 cm³/mol. The van der Waals surface area contributed by atoms with Crippen molar-refractivity contribution in [1.29, 1.82) is 0 Å². The van der Waals surface area contributed by atoms with Crippen LogP contribution in [-0.4, -0.2) is 23.7 Å². The number of nitrogens with zero attached hydrogens (tertiary/aromatic N) is 1. The van der Waals surface area contributed by atoms with Crippen LogP contribution in [0.2, 0.25) is 0 Å². The number of anilines is 1. The van der Waals surface area contributed by atoms with E-state index < -0.39 is 0 Å². The fourth-order valence-electron chi connectivity index (χ4n) is 1.91. The summed E-state index contributed by atoms with van der Waals surface area (Å²) in [4.78, 5) is 2.43. The molecule has 2 rings (SSSR count). The quantitative estimate of drug-likeness (QED) is 0.764. The Kier molecular flexibility index (Phi) is 3.41. The molecule has 0 amide bonds. The van der Waals surface area contributed by atoms with Crippen LogP contribution in [-0.2, 0) is 0 Å². The van der Waals surface area contributed by atoms with Gasteiger partial charge in [-0.2, -0.15) is 0 Å². The first kappa shape index (κ1) is 11.5. The number of benzene rings is 1. The highest BCUT2D eigenvalue weighted by Gasteiger charge is 2.41. The minimum absolute atomic E-state index is 0.435. The highest BCUT2D eigenvalue weighted by Crippen LogP contribution is 2.37. The Bertz CT molecular complexity index is 322. The Hall–Kier alpha value is -0.0200. The summed E-state index contributed by atoms with van der Waals surface area (Å²) in [6, 6.07) is 8.78. The molecule has 15 heavy (non-hydrogen) atoms. The topological polar surface area (TPSA) is 3.24 Å². The van der Waals surface area contributed by atoms with E-state index in [0.717, 1.165) is 23.7 Å². The van der Waals surface area contributed by atoms with Crippen molar-refractivity contribution in [3.8, 4) is 0 Å². The van der Waals surface area contributed by atoms with Crippen LogP contribution in [0.15, 0.2) is 24.3 Å². The molecule has 0 atom stereocenters. The number of hydrogen-bond acceptors (Lipinski definition) is 1. The molecule has 0 radical (unpaired) electrons. The molecule has 1 fully saturated rings. The summed E-state index contributed by atoms with van der Waals surface area (Å²) >= 11 is 7.20.